The average molecular weight is 471 g/mol. The molecule has 1 N–H and O–H groups in total. The summed E-state index contributed by atoms with van der Waals surface area (Å²) < 4.78 is 7.68. The number of carbonyl (C=O) groups is 1. The summed E-state index contributed by atoms with van der Waals surface area (Å²) in [5.74, 6) is 1.46. The van der Waals surface area contributed by atoms with Crippen molar-refractivity contribution in [3.05, 3.63) is 77.6 Å². The first-order valence-electron chi connectivity index (χ1n) is 10.2. The molecular formula is C24H27ClN4O2S. The van der Waals surface area contributed by atoms with E-state index >= 15 is 0 Å². The summed E-state index contributed by atoms with van der Waals surface area (Å²) in [6.45, 7) is 10.9. The van der Waals surface area contributed by atoms with Crippen molar-refractivity contribution < 1.29 is 9.53 Å². The number of nitrogens with zero attached hydrogens (tertiary/aromatic N) is 3. The lowest BCUT2D eigenvalue weighted by Crippen LogP contribution is -2.20. The van der Waals surface area contributed by atoms with E-state index in [2.05, 4.69) is 42.9 Å². The maximum absolute atomic E-state index is 12.6. The fourth-order valence-electron chi connectivity index (χ4n) is 3.09. The van der Waals surface area contributed by atoms with Crippen LogP contribution in [0.5, 0.6) is 5.75 Å². The molecule has 2 aromatic carbocycles. The quantitative estimate of drug-likeness (QED) is 0.319. The molecule has 6 nitrogen and oxygen atoms in total. The molecule has 3 aromatic rings. The first kappa shape index (κ1) is 23.9. The van der Waals surface area contributed by atoms with Crippen molar-refractivity contribution >= 4 is 35.0 Å². The normalized spacial score (nSPS) is 11.2. The van der Waals surface area contributed by atoms with Crippen molar-refractivity contribution in [3.63, 3.8) is 0 Å². The Kier molecular flexibility index (Phi) is 7.99. The Morgan fingerprint density at radius 3 is 2.59 bits per heavy atom. The van der Waals surface area contributed by atoms with Gasteiger partial charge in [0.15, 0.2) is 11.0 Å². The van der Waals surface area contributed by atoms with Crippen LogP contribution >= 0.6 is 23.4 Å². The largest absolute Gasteiger partial charge is 0.486 e. The van der Waals surface area contributed by atoms with Crippen LogP contribution in [0.4, 0.5) is 5.69 Å². The highest BCUT2D eigenvalue weighted by Gasteiger charge is 2.19. The molecule has 0 atom stereocenters. The Morgan fingerprint density at radius 1 is 1.19 bits per heavy atom. The minimum Gasteiger partial charge on any atom is -0.486 e. The van der Waals surface area contributed by atoms with Crippen molar-refractivity contribution in [3.8, 4) is 5.75 Å². The molecule has 0 unspecified atom stereocenters. The van der Waals surface area contributed by atoms with Gasteiger partial charge in [-0.05, 0) is 41.3 Å². The predicted molar refractivity (Wildman–Crippen MR) is 130 cm³/mol. The Bertz CT molecular complexity index is 1070. The molecule has 0 bridgehead atoms. The number of anilines is 1. The smallest absolute Gasteiger partial charge is 0.234 e. The fourth-order valence-corrected chi connectivity index (χ4v) is 3.98. The predicted octanol–water partition coefficient (Wildman–Crippen LogP) is 5.72. The molecule has 0 radical (unpaired) electrons. The zero-order valence-electron chi connectivity index (χ0n) is 18.5. The zero-order chi connectivity index (χ0) is 23.1. The number of thioether (sulfide) groups is 1. The molecule has 0 fully saturated rings. The summed E-state index contributed by atoms with van der Waals surface area (Å²) in [4.78, 5) is 12.6. The van der Waals surface area contributed by atoms with Gasteiger partial charge in [0.1, 0.15) is 12.4 Å². The van der Waals surface area contributed by atoms with E-state index in [4.69, 9.17) is 16.3 Å². The van der Waals surface area contributed by atoms with Crippen LogP contribution in [0.1, 0.15) is 32.2 Å². The highest BCUT2D eigenvalue weighted by molar-refractivity contribution is 7.99. The number of hydrogen-bond donors (Lipinski definition) is 1. The monoisotopic (exact) mass is 470 g/mol. The van der Waals surface area contributed by atoms with Crippen LogP contribution in [-0.4, -0.2) is 26.4 Å². The van der Waals surface area contributed by atoms with Gasteiger partial charge in [0.25, 0.3) is 0 Å². The molecule has 168 valence electrons. The molecule has 1 amide bonds. The van der Waals surface area contributed by atoms with E-state index in [1.165, 1.54) is 11.8 Å². The Hall–Kier alpha value is -2.77. The second-order valence-electron chi connectivity index (χ2n) is 8.17. The van der Waals surface area contributed by atoms with E-state index < -0.39 is 0 Å². The lowest BCUT2D eigenvalue weighted by molar-refractivity contribution is -0.113. The van der Waals surface area contributed by atoms with Gasteiger partial charge in [-0.1, -0.05) is 68.4 Å². The van der Waals surface area contributed by atoms with E-state index in [0.717, 1.165) is 11.3 Å². The highest BCUT2D eigenvalue weighted by Crippen LogP contribution is 2.29. The summed E-state index contributed by atoms with van der Waals surface area (Å²) in [6, 6.07) is 15.0. The molecule has 1 aromatic heterocycles. The second kappa shape index (κ2) is 10.7. The maximum Gasteiger partial charge on any atom is 0.234 e. The first-order valence-corrected chi connectivity index (χ1v) is 11.6. The van der Waals surface area contributed by atoms with Gasteiger partial charge < -0.3 is 10.1 Å². The SMILES string of the molecule is C=CCn1c(COc2ccc(Cl)cc2)nnc1SCC(=O)Nc1ccccc1C(C)(C)C. The Morgan fingerprint density at radius 2 is 1.91 bits per heavy atom. The topological polar surface area (TPSA) is 69.0 Å². The van der Waals surface area contributed by atoms with Gasteiger partial charge in [0.2, 0.25) is 5.91 Å². The highest BCUT2D eigenvalue weighted by atomic mass is 35.5. The van der Waals surface area contributed by atoms with Crippen LogP contribution in [0, 0.1) is 0 Å². The Balaban J connectivity index is 1.64. The third-order valence-corrected chi connectivity index (χ3v) is 5.85. The first-order chi connectivity index (χ1) is 15.3. The summed E-state index contributed by atoms with van der Waals surface area (Å²) in [7, 11) is 0. The number of para-hydroxylation sites is 1. The van der Waals surface area contributed by atoms with Gasteiger partial charge in [0.05, 0.1) is 5.75 Å². The molecule has 32 heavy (non-hydrogen) atoms. The number of benzene rings is 2. The number of ether oxygens (including phenoxy) is 1. The van der Waals surface area contributed by atoms with Crippen LogP contribution < -0.4 is 10.1 Å². The van der Waals surface area contributed by atoms with Crippen molar-refractivity contribution in [1.82, 2.24) is 14.8 Å². The summed E-state index contributed by atoms with van der Waals surface area (Å²) in [6.07, 6.45) is 1.76. The van der Waals surface area contributed by atoms with E-state index in [0.29, 0.717) is 28.3 Å². The molecule has 0 aliphatic carbocycles. The summed E-state index contributed by atoms with van der Waals surface area (Å²) in [5.41, 5.74) is 1.85. The number of rotatable bonds is 9. The van der Waals surface area contributed by atoms with E-state index in [9.17, 15) is 4.79 Å². The molecule has 0 aliphatic rings. The van der Waals surface area contributed by atoms with Gasteiger partial charge >= 0.3 is 0 Å². The fraction of sp³-hybridized carbons (Fsp3) is 0.292. The number of aromatic nitrogens is 3. The minimum absolute atomic E-state index is 0.0693. The lowest BCUT2D eigenvalue weighted by Gasteiger charge is -2.22. The van der Waals surface area contributed by atoms with Crippen LogP contribution in [0.15, 0.2) is 66.3 Å². The van der Waals surface area contributed by atoms with Gasteiger partial charge in [-0.15, -0.1) is 16.8 Å². The van der Waals surface area contributed by atoms with Crippen molar-refractivity contribution in [2.24, 2.45) is 0 Å². The summed E-state index contributed by atoms with van der Waals surface area (Å²) in [5, 5.41) is 12.8. The number of hydrogen-bond acceptors (Lipinski definition) is 5. The zero-order valence-corrected chi connectivity index (χ0v) is 20.0. The van der Waals surface area contributed by atoms with Crippen LogP contribution in [-0.2, 0) is 23.4 Å². The standard InChI is InChI=1S/C24H27ClN4O2S/c1-5-14-29-21(15-31-18-12-10-17(25)11-13-18)27-28-23(29)32-16-22(30)26-20-9-7-6-8-19(20)24(2,3)4/h5-13H,1,14-16H2,2-4H3,(H,26,30). The van der Waals surface area contributed by atoms with Gasteiger partial charge in [-0.2, -0.15) is 0 Å². The number of carbonyl (C=O) groups excluding carboxylic acids is 1. The lowest BCUT2D eigenvalue weighted by atomic mass is 9.86. The van der Waals surface area contributed by atoms with Crippen LogP contribution in [0.25, 0.3) is 0 Å². The molecule has 3 rings (SSSR count). The number of amides is 1. The van der Waals surface area contributed by atoms with E-state index in [1.54, 1.807) is 30.3 Å². The van der Waals surface area contributed by atoms with E-state index in [-0.39, 0.29) is 23.7 Å². The average Bonchev–Trinajstić information content (AvgIpc) is 3.13. The number of allylic oxidation sites excluding steroid dienone is 1. The number of nitrogens with one attached hydrogen (secondary N) is 1. The third-order valence-electron chi connectivity index (χ3n) is 4.63. The molecule has 8 heteroatoms. The molecular weight excluding hydrogens is 444 g/mol. The van der Waals surface area contributed by atoms with E-state index in [1.807, 2.05) is 28.8 Å². The van der Waals surface area contributed by atoms with Crippen molar-refractivity contribution in [2.75, 3.05) is 11.1 Å². The molecule has 0 saturated carbocycles. The molecule has 0 aliphatic heterocycles. The second-order valence-corrected chi connectivity index (χ2v) is 9.55. The van der Waals surface area contributed by atoms with Gasteiger partial charge in [-0.25, -0.2) is 0 Å². The molecule has 0 saturated heterocycles. The summed E-state index contributed by atoms with van der Waals surface area (Å²) >= 11 is 7.24. The molecule has 1 heterocycles. The molecule has 0 spiro atoms. The van der Waals surface area contributed by atoms with Gasteiger partial charge in [-0.3, -0.25) is 9.36 Å². The van der Waals surface area contributed by atoms with Crippen molar-refractivity contribution in [2.45, 2.75) is 44.5 Å². The number of halogens is 1. The van der Waals surface area contributed by atoms with Crippen LogP contribution in [0.3, 0.4) is 0 Å². The third kappa shape index (κ3) is 6.37. The minimum atomic E-state index is -0.0983. The van der Waals surface area contributed by atoms with Gasteiger partial charge in [0, 0.05) is 17.3 Å². The van der Waals surface area contributed by atoms with Crippen LogP contribution in [0.2, 0.25) is 5.02 Å². The maximum atomic E-state index is 12.6. The van der Waals surface area contributed by atoms with Crippen molar-refractivity contribution in [1.29, 1.82) is 0 Å². The Labute approximate surface area is 198 Å².